The van der Waals surface area contributed by atoms with Crippen molar-refractivity contribution >= 4 is 33.8 Å². The second-order valence-corrected chi connectivity index (χ2v) is 16.2. The average Bonchev–Trinajstić information content (AvgIpc) is 3.12. The van der Waals surface area contributed by atoms with Gasteiger partial charge in [0.2, 0.25) is 0 Å². The molecule has 47 heavy (non-hydrogen) atoms. The van der Waals surface area contributed by atoms with Crippen molar-refractivity contribution in [3.8, 4) is 67.5 Å². The largest absolute Gasteiger partial charge is 0.456 e. The lowest BCUT2D eigenvalue weighted by Crippen LogP contribution is -2.35. The lowest BCUT2D eigenvalue weighted by molar-refractivity contribution is 0.468. The summed E-state index contributed by atoms with van der Waals surface area (Å²) in [6.07, 6.45) is 3.74. The topological polar surface area (TPSA) is 31.4 Å². The first-order valence-corrected chi connectivity index (χ1v) is 18.4. The lowest BCUT2D eigenvalue weighted by atomic mass is 9.98. The predicted molar refractivity (Wildman–Crippen MR) is 197 cm³/mol. The number of ether oxygens (including phenoxy) is 2. The molecule has 7 aromatic rings. The second-order valence-electron chi connectivity index (χ2n) is 12.0. The minimum Gasteiger partial charge on any atom is -0.456 e. The smallest absolute Gasteiger partial charge is 0.148 e. The third-order valence-corrected chi connectivity index (χ3v) is 14.1. The number of pyridine rings is 1. The SMILES string of the molecule is Cc1cnccc1-c1ccc(-c2ccc3c4c2Oc2cc(-c5ccccc5)ccc2P4(=S)c2ccc(-c4ccccc4)cc2O3)cc1. The molecule has 0 saturated heterocycles. The van der Waals surface area contributed by atoms with Crippen molar-refractivity contribution in [1.82, 2.24) is 4.98 Å². The summed E-state index contributed by atoms with van der Waals surface area (Å²) in [6, 6.07) is 46.2. The Hall–Kier alpha value is -5.28. The molecule has 2 aliphatic heterocycles. The average molecular weight is 642 g/mol. The Morgan fingerprint density at radius 2 is 1.06 bits per heavy atom. The number of hydrogen-bond donors (Lipinski definition) is 0. The molecule has 0 aliphatic carbocycles. The molecule has 5 heteroatoms. The van der Waals surface area contributed by atoms with Crippen LogP contribution in [0.5, 0.6) is 23.0 Å². The van der Waals surface area contributed by atoms with Gasteiger partial charge in [-0.05, 0) is 93.9 Å². The first kappa shape index (κ1) is 28.0. The first-order valence-electron chi connectivity index (χ1n) is 15.6. The number of nitrogens with zero attached hydrogens (tertiary/aromatic N) is 1. The second kappa shape index (κ2) is 10.9. The molecule has 0 radical (unpaired) electrons. The van der Waals surface area contributed by atoms with Crippen molar-refractivity contribution in [2.45, 2.75) is 6.92 Å². The summed E-state index contributed by atoms with van der Waals surface area (Å²) in [6.45, 7) is 2.09. The van der Waals surface area contributed by atoms with Crippen LogP contribution in [0, 0.1) is 6.92 Å². The molecular formula is C42H28NO2PS. The number of fused-ring (bicyclic) bond motifs is 4. The van der Waals surface area contributed by atoms with Gasteiger partial charge in [-0.1, -0.05) is 109 Å². The normalized spacial score (nSPS) is 15.4. The maximum absolute atomic E-state index is 6.95. The highest BCUT2D eigenvalue weighted by Gasteiger charge is 2.43. The third-order valence-electron chi connectivity index (χ3n) is 9.18. The number of rotatable bonds is 4. The summed E-state index contributed by atoms with van der Waals surface area (Å²) < 4.78 is 13.7. The van der Waals surface area contributed by atoms with Crippen LogP contribution < -0.4 is 25.4 Å². The van der Waals surface area contributed by atoms with Crippen LogP contribution >= 0.6 is 6.04 Å². The Kier molecular flexibility index (Phi) is 6.50. The van der Waals surface area contributed by atoms with Crippen LogP contribution in [0.4, 0.5) is 0 Å². The summed E-state index contributed by atoms with van der Waals surface area (Å²) in [5.41, 5.74) is 10.0. The summed E-state index contributed by atoms with van der Waals surface area (Å²) in [5.74, 6) is 3.18. The van der Waals surface area contributed by atoms with Gasteiger partial charge in [-0.3, -0.25) is 4.98 Å². The van der Waals surface area contributed by atoms with Crippen molar-refractivity contribution < 1.29 is 9.47 Å². The van der Waals surface area contributed by atoms with E-state index in [1.807, 2.05) is 24.5 Å². The molecule has 0 fully saturated rings. The molecule has 1 unspecified atom stereocenters. The molecule has 9 rings (SSSR count). The number of benzene rings is 6. The Morgan fingerprint density at radius 3 is 1.66 bits per heavy atom. The van der Waals surface area contributed by atoms with Gasteiger partial charge < -0.3 is 9.47 Å². The van der Waals surface area contributed by atoms with Crippen LogP contribution in [0.2, 0.25) is 0 Å². The van der Waals surface area contributed by atoms with Crippen LogP contribution in [0.15, 0.2) is 152 Å². The van der Waals surface area contributed by atoms with Gasteiger partial charge in [-0.25, -0.2) is 0 Å². The Bertz CT molecular complexity index is 2370. The van der Waals surface area contributed by atoms with Crippen LogP contribution in [-0.2, 0) is 11.8 Å². The van der Waals surface area contributed by atoms with Crippen LogP contribution in [0.25, 0.3) is 44.5 Å². The quantitative estimate of drug-likeness (QED) is 0.179. The summed E-state index contributed by atoms with van der Waals surface area (Å²) in [4.78, 5) is 4.26. The fourth-order valence-corrected chi connectivity index (χ4v) is 11.3. The zero-order valence-corrected chi connectivity index (χ0v) is 27.3. The monoisotopic (exact) mass is 641 g/mol. The molecule has 0 amide bonds. The van der Waals surface area contributed by atoms with Crippen molar-refractivity contribution in [3.63, 3.8) is 0 Å². The van der Waals surface area contributed by atoms with Gasteiger partial charge in [0.15, 0.2) is 0 Å². The molecule has 3 nitrogen and oxygen atoms in total. The van der Waals surface area contributed by atoms with E-state index in [-0.39, 0.29) is 0 Å². The molecule has 2 aliphatic rings. The van der Waals surface area contributed by atoms with E-state index in [1.54, 1.807) is 0 Å². The fraction of sp³-hybridized carbons (Fsp3) is 0.0238. The highest BCUT2D eigenvalue weighted by Crippen LogP contribution is 2.60. The molecule has 0 spiro atoms. The lowest BCUT2D eigenvalue weighted by Gasteiger charge is -2.38. The molecule has 1 aromatic heterocycles. The van der Waals surface area contributed by atoms with Gasteiger partial charge in [0.1, 0.15) is 23.0 Å². The molecule has 0 bridgehead atoms. The summed E-state index contributed by atoms with van der Waals surface area (Å²) >= 11 is 6.93. The minimum absolute atomic E-state index is 0.770. The zero-order valence-electron chi connectivity index (χ0n) is 25.6. The highest BCUT2D eigenvalue weighted by atomic mass is 32.4. The Morgan fingerprint density at radius 1 is 0.511 bits per heavy atom. The first-order chi connectivity index (χ1) is 23.1. The Labute approximate surface area is 279 Å². The van der Waals surface area contributed by atoms with E-state index < -0.39 is 6.04 Å². The highest BCUT2D eigenvalue weighted by molar-refractivity contribution is 8.26. The van der Waals surface area contributed by atoms with Gasteiger partial charge >= 0.3 is 0 Å². The van der Waals surface area contributed by atoms with Crippen molar-refractivity contribution in [2.24, 2.45) is 0 Å². The summed E-state index contributed by atoms with van der Waals surface area (Å²) in [7, 11) is 0. The molecule has 6 aromatic carbocycles. The zero-order chi connectivity index (χ0) is 31.5. The van der Waals surface area contributed by atoms with E-state index in [1.165, 1.54) is 5.56 Å². The molecule has 1 atom stereocenters. The molecule has 3 heterocycles. The van der Waals surface area contributed by atoms with E-state index in [2.05, 4.69) is 139 Å². The van der Waals surface area contributed by atoms with E-state index >= 15 is 0 Å². The van der Waals surface area contributed by atoms with Gasteiger partial charge in [0, 0.05) is 28.6 Å². The maximum Gasteiger partial charge on any atom is 0.148 e. The van der Waals surface area contributed by atoms with Gasteiger partial charge in [0.25, 0.3) is 0 Å². The van der Waals surface area contributed by atoms with Crippen molar-refractivity contribution in [2.75, 3.05) is 0 Å². The minimum atomic E-state index is -2.57. The van der Waals surface area contributed by atoms with E-state index in [4.69, 9.17) is 21.3 Å². The standard InChI is InChI=1S/C42H28NO2PS/c1-27-26-43-23-22-34(27)30-12-14-31(15-13-30)35-18-19-36-42-41(35)45-38-25-33(29-10-6-3-7-11-29)17-21-40(38)46(42,47)39-20-16-32(24-37(39)44-36)28-8-4-2-5-9-28/h2-26H,1H3. The molecule has 0 N–H and O–H groups in total. The van der Waals surface area contributed by atoms with E-state index in [0.29, 0.717) is 0 Å². The van der Waals surface area contributed by atoms with E-state index in [9.17, 15) is 0 Å². The number of aromatic nitrogens is 1. The van der Waals surface area contributed by atoms with Crippen LogP contribution in [0.3, 0.4) is 0 Å². The van der Waals surface area contributed by atoms with Crippen LogP contribution in [0.1, 0.15) is 5.56 Å². The van der Waals surface area contributed by atoms with E-state index in [0.717, 1.165) is 83.4 Å². The van der Waals surface area contributed by atoms with Crippen LogP contribution in [-0.4, -0.2) is 4.98 Å². The maximum atomic E-state index is 6.95. The molecule has 0 saturated carbocycles. The molecule has 224 valence electrons. The fourth-order valence-electron chi connectivity index (χ4n) is 6.82. The molecular weight excluding hydrogens is 614 g/mol. The van der Waals surface area contributed by atoms with Crippen molar-refractivity contribution in [1.29, 1.82) is 0 Å². The Balaban J connectivity index is 1.24. The third kappa shape index (κ3) is 4.48. The predicted octanol–water partition coefficient (Wildman–Crippen LogP) is 10.0. The summed E-state index contributed by atoms with van der Waals surface area (Å²) in [5, 5.41) is 3.09. The van der Waals surface area contributed by atoms with Crippen molar-refractivity contribution in [3.05, 3.63) is 157 Å². The van der Waals surface area contributed by atoms with Gasteiger partial charge in [0.05, 0.1) is 11.3 Å². The van der Waals surface area contributed by atoms with Gasteiger partial charge in [-0.2, -0.15) is 0 Å². The number of hydrogen-bond acceptors (Lipinski definition) is 4. The number of aryl methyl sites for hydroxylation is 1. The van der Waals surface area contributed by atoms with Gasteiger partial charge in [-0.15, -0.1) is 0 Å².